The van der Waals surface area contributed by atoms with Crippen LogP contribution in [-0.4, -0.2) is 13.2 Å². The molecule has 2 aliphatic carbocycles. The van der Waals surface area contributed by atoms with Gasteiger partial charge >= 0.3 is 0 Å². The van der Waals surface area contributed by atoms with E-state index in [4.69, 9.17) is 4.74 Å². The van der Waals surface area contributed by atoms with Crippen molar-refractivity contribution in [2.45, 2.75) is 64.3 Å². The van der Waals surface area contributed by atoms with Crippen LogP contribution < -0.4 is 10.1 Å². The van der Waals surface area contributed by atoms with Crippen molar-refractivity contribution in [3.05, 3.63) is 29.3 Å². The molecule has 1 aromatic carbocycles. The van der Waals surface area contributed by atoms with Gasteiger partial charge in [-0.15, -0.1) is 0 Å². The smallest absolute Gasteiger partial charge is 0.119 e. The average molecular weight is 287 g/mol. The molecular weight excluding hydrogens is 258 g/mol. The Morgan fingerprint density at radius 2 is 2.00 bits per heavy atom. The SMILES string of the molecule is CCCNC1CCCc2ccc(OCC3CCCC3)cc21. The van der Waals surface area contributed by atoms with E-state index in [-0.39, 0.29) is 0 Å². The van der Waals surface area contributed by atoms with Gasteiger partial charge in [0, 0.05) is 6.04 Å². The third-order valence-electron chi connectivity index (χ3n) is 5.03. The summed E-state index contributed by atoms with van der Waals surface area (Å²) in [6.07, 6.45) is 10.5. The summed E-state index contributed by atoms with van der Waals surface area (Å²) in [7, 11) is 0. The molecule has 0 bridgehead atoms. The molecule has 3 rings (SSSR count). The maximum absolute atomic E-state index is 6.08. The fourth-order valence-electron chi connectivity index (χ4n) is 3.79. The van der Waals surface area contributed by atoms with E-state index in [1.165, 1.54) is 62.5 Å². The van der Waals surface area contributed by atoms with Gasteiger partial charge in [0.25, 0.3) is 0 Å². The summed E-state index contributed by atoms with van der Waals surface area (Å²) in [6.45, 7) is 4.25. The lowest BCUT2D eigenvalue weighted by Crippen LogP contribution is -2.25. The number of rotatable bonds is 6. The first-order valence-corrected chi connectivity index (χ1v) is 8.86. The zero-order chi connectivity index (χ0) is 14.5. The van der Waals surface area contributed by atoms with Crippen LogP contribution in [0.3, 0.4) is 0 Å². The minimum atomic E-state index is 0.531. The molecule has 2 nitrogen and oxygen atoms in total. The Labute approximate surface area is 129 Å². The molecule has 2 aliphatic rings. The number of nitrogens with one attached hydrogen (secondary N) is 1. The first kappa shape index (κ1) is 14.9. The Morgan fingerprint density at radius 1 is 1.14 bits per heavy atom. The van der Waals surface area contributed by atoms with Gasteiger partial charge in [0.05, 0.1) is 6.61 Å². The predicted molar refractivity (Wildman–Crippen MR) is 87.9 cm³/mol. The average Bonchev–Trinajstić information content (AvgIpc) is 3.04. The van der Waals surface area contributed by atoms with Crippen molar-refractivity contribution in [1.82, 2.24) is 5.32 Å². The molecule has 1 atom stereocenters. The molecule has 0 saturated heterocycles. The molecule has 0 radical (unpaired) electrons. The molecule has 0 heterocycles. The summed E-state index contributed by atoms with van der Waals surface area (Å²) >= 11 is 0. The molecule has 0 aromatic heterocycles. The van der Waals surface area contributed by atoms with Crippen molar-refractivity contribution in [3.63, 3.8) is 0 Å². The lowest BCUT2D eigenvalue weighted by molar-refractivity contribution is 0.251. The van der Waals surface area contributed by atoms with E-state index in [1.54, 1.807) is 0 Å². The fourth-order valence-corrected chi connectivity index (χ4v) is 3.79. The highest BCUT2D eigenvalue weighted by Gasteiger charge is 2.21. The monoisotopic (exact) mass is 287 g/mol. The third kappa shape index (κ3) is 3.79. The molecule has 21 heavy (non-hydrogen) atoms. The van der Waals surface area contributed by atoms with Crippen LogP contribution in [0.1, 0.15) is 69.0 Å². The second-order valence-electron chi connectivity index (χ2n) is 6.72. The van der Waals surface area contributed by atoms with Crippen LogP contribution in [0.5, 0.6) is 5.75 Å². The highest BCUT2D eigenvalue weighted by molar-refractivity contribution is 5.39. The molecule has 2 heteroatoms. The van der Waals surface area contributed by atoms with E-state index >= 15 is 0 Å². The van der Waals surface area contributed by atoms with Crippen molar-refractivity contribution >= 4 is 0 Å². The van der Waals surface area contributed by atoms with Gasteiger partial charge in [-0.2, -0.15) is 0 Å². The third-order valence-corrected chi connectivity index (χ3v) is 5.03. The van der Waals surface area contributed by atoms with Crippen molar-refractivity contribution in [3.8, 4) is 5.75 Å². The number of benzene rings is 1. The zero-order valence-corrected chi connectivity index (χ0v) is 13.4. The first-order chi connectivity index (χ1) is 10.4. The Kier molecular flexibility index (Phi) is 5.18. The van der Waals surface area contributed by atoms with Gasteiger partial charge in [0.2, 0.25) is 0 Å². The molecule has 1 aromatic rings. The van der Waals surface area contributed by atoms with Gasteiger partial charge < -0.3 is 10.1 Å². The summed E-state index contributed by atoms with van der Waals surface area (Å²) in [5, 5.41) is 3.70. The van der Waals surface area contributed by atoms with E-state index in [2.05, 4.69) is 30.4 Å². The van der Waals surface area contributed by atoms with E-state index < -0.39 is 0 Å². The highest BCUT2D eigenvalue weighted by atomic mass is 16.5. The zero-order valence-electron chi connectivity index (χ0n) is 13.4. The number of hydrogen-bond donors (Lipinski definition) is 1. The van der Waals surface area contributed by atoms with E-state index in [0.29, 0.717) is 6.04 Å². The molecule has 0 spiro atoms. The number of ether oxygens (including phenoxy) is 1. The normalized spacial score (nSPS) is 22.2. The van der Waals surface area contributed by atoms with Crippen LogP contribution in [0.15, 0.2) is 18.2 Å². The Morgan fingerprint density at radius 3 is 2.81 bits per heavy atom. The van der Waals surface area contributed by atoms with Gasteiger partial charge in [-0.3, -0.25) is 0 Å². The molecule has 1 saturated carbocycles. The van der Waals surface area contributed by atoms with Crippen LogP contribution in [0, 0.1) is 5.92 Å². The molecule has 1 unspecified atom stereocenters. The molecule has 0 amide bonds. The standard InChI is InChI=1S/C19H29NO/c1-2-12-20-19-9-5-8-16-10-11-17(13-18(16)19)21-14-15-6-3-4-7-15/h10-11,13,15,19-20H,2-9,12,14H2,1H3. The van der Waals surface area contributed by atoms with Crippen molar-refractivity contribution in [2.75, 3.05) is 13.2 Å². The van der Waals surface area contributed by atoms with Gasteiger partial charge in [0.15, 0.2) is 0 Å². The lowest BCUT2D eigenvalue weighted by Gasteiger charge is -2.27. The number of fused-ring (bicyclic) bond motifs is 1. The second-order valence-corrected chi connectivity index (χ2v) is 6.72. The summed E-state index contributed by atoms with van der Waals surface area (Å²) < 4.78 is 6.08. The van der Waals surface area contributed by atoms with Gasteiger partial charge in [-0.05, 0) is 74.2 Å². The largest absolute Gasteiger partial charge is 0.493 e. The van der Waals surface area contributed by atoms with Gasteiger partial charge in [0.1, 0.15) is 5.75 Å². The fraction of sp³-hybridized carbons (Fsp3) is 0.684. The van der Waals surface area contributed by atoms with Gasteiger partial charge in [-0.1, -0.05) is 25.8 Å². The first-order valence-electron chi connectivity index (χ1n) is 8.86. The molecular formula is C19H29NO. The second kappa shape index (κ2) is 7.31. The van der Waals surface area contributed by atoms with E-state index in [9.17, 15) is 0 Å². The van der Waals surface area contributed by atoms with Crippen LogP contribution in [0.4, 0.5) is 0 Å². The molecule has 116 valence electrons. The minimum Gasteiger partial charge on any atom is -0.493 e. The summed E-state index contributed by atoms with van der Waals surface area (Å²) in [5.41, 5.74) is 3.00. The van der Waals surface area contributed by atoms with Crippen molar-refractivity contribution < 1.29 is 4.74 Å². The van der Waals surface area contributed by atoms with Crippen LogP contribution in [-0.2, 0) is 6.42 Å². The maximum atomic E-state index is 6.08. The molecule has 1 fully saturated rings. The highest BCUT2D eigenvalue weighted by Crippen LogP contribution is 2.33. The topological polar surface area (TPSA) is 21.3 Å². The quantitative estimate of drug-likeness (QED) is 0.823. The number of aryl methyl sites for hydroxylation is 1. The lowest BCUT2D eigenvalue weighted by atomic mass is 9.87. The van der Waals surface area contributed by atoms with Crippen LogP contribution in [0.2, 0.25) is 0 Å². The van der Waals surface area contributed by atoms with Crippen LogP contribution in [0.25, 0.3) is 0 Å². The molecule has 1 N–H and O–H groups in total. The van der Waals surface area contributed by atoms with Crippen molar-refractivity contribution in [2.24, 2.45) is 5.92 Å². The Hall–Kier alpha value is -1.02. The summed E-state index contributed by atoms with van der Waals surface area (Å²) in [4.78, 5) is 0. The van der Waals surface area contributed by atoms with E-state index in [1.807, 2.05) is 0 Å². The predicted octanol–water partition coefficient (Wildman–Crippen LogP) is 4.63. The Balaban J connectivity index is 1.65. The van der Waals surface area contributed by atoms with Crippen molar-refractivity contribution in [1.29, 1.82) is 0 Å². The van der Waals surface area contributed by atoms with E-state index in [0.717, 1.165) is 24.8 Å². The molecule has 0 aliphatic heterocycles. The number of hydrogen-bond acceptors (Lipinski definition) is 2. The maximum Gasteiger partial charge on any atom is 0.119 e. The minimum absolute atomic E-state index is 0.531. The Bertz CT molecular complexity index is 451. The summed E-state index contributed by atoms with van der Waals surface area (Å²) in [6, 6.07) is 7.30. The van der Waals surface area contributed by atoms with Gasteiger partial charge in [-0.25, -0.2) is 0 Å². The summed E-state index contributed by atoms with van der Waals surface area (Å²) in [5.74, 6) is 1.86. The van der Waals surface area contributed by atoms with Crippen LogP contribution >= 0.6 is 0 Å².